The number of hydrogen-bond donors (Lipinski definition) is 0. The van der Waals surface area contributed by atoms with Gasteiger partial charge in [-0.15, -0.1) is 24.8 Å². The van der Waals surface area contributed by atoms with Gasteiger partial charge in [0, 0.05) is 0 Å². The molecule has 0 heterocycles. The maximum atomic E-state index is 2.67. The average Bonchev–Trinajstić information content (AvgIpc) is 2.93. The van der Waals surface area contributed by atoms with Gasteiger partial charge in [0.2, 0.25) is 0 Å². The van der Waals surface area contributed by atoms with Crippen molar-refractivity contribution in [2.24, 2.45) is 11.8 Å². The van der Waals surface area contributed by atoms with Crippen LogP contribution in [0.25, 0.3) is 0 Å². The third-order valence-corrected chi connectivity index (χ3v) is 16.6. The third kappa shape index (κ3) is 4.41. The molecule has 24 heavy (non-hydrogen) atoms. The summed E-state index contributed by atoms with van der Waals surface area (Å²) in [5.41, 5.74) is 6.46. The van der Waals surface area contributed by atoms with Crippen molar-refractivity contribution >= 4 is 32.4 Å². The van der Waals surface area contributed by atoms with E-state index in [0.29, 0.717) is 11.8 Å². The molecule has 2 aliphatic rings. The Morgan fingerprint density at radius 2 is 1.08 bits per heavy atom. The van der Waals surface area contributed by atoms with Crippen LogP contribution >= 0.6 is 24.8 Å². The first kappa shape index (κ1) is 24.5. The van der Waals surface area contributed by atoms with Crippen molar-refractivity contribution in [1.29, 1.82) is 0 Å². The standard InChI is InChI=1S/2C9H13.2CH3.2ClH.H2Si.Ti/c2*1-7(2)9-5-4-8(3)6-9;;;;;;/h2*6-7H,4H2,1-3H3;2*1H3;2*1H;1H2;. The fourth-order valence-corrected chi connectivity index (χ4v) is 14.2. The molecule has 0 unspecified atom stereocenters. The summed E-state index contributed by atoms with van der Waals surface area (Å²) in [4.78, 5) is 0. The molecule has 0 N–H and O–H groups in total. The molecule has 0 aromatic rings. The molecule has 2 aliphatic carbocycles. The van der Waals surface area contributed by atoms with Crippen LogP contribution in [0.4, 0.5) is 0 Å². The first-order valence-electron chi connectivity index (χ1n) is 8.81. The van der Waals surface area contributed by atoms with Crippen molar-refractivity contribution in [1.82, 2.24) is 0 Å². The first-order chi connectivity index (χ1) is 9.92. The van der Waals surface area contributed by atoms with Gasteiger partial charge in [0.15, 0.2) is 0 Å². The van der Waals surface area contributed by atoms with Crippen LogP contribution in [0.5, 0.6) is 0 Å². The third-order valence-electron chi connectivity index (χ3n) is 5.59. The maximum absolute atomic E-state index is 2.79. The molecule has 0 spiro atoms. The summed E-state index contributed by atoms with van der Waals surface area (Å²) >= 11 is -2.79. The van der Waals surface area contributed by atoms with E-state index in [1.165, 1.54) is 12.8 Å². The van der Waals surface area contributed by atoms with Gasteiger partial charge in [-0.2, -0.15) is 0 Å². The van der Waals surface area contributed by atoms with Gasteiger partial charge in [-0.05, 0) is 0 Å². The zero-order valence-corrected chi connectivity index (χ0v) is 21.4. The van der Waals surface area contributed by atoms with Crippen LogP contribution in [0.3, 0.4) is 0 Å². The van der Waals surface area contributed by atoms with Crippen LogP contribution in [-0.2, 0) is 14.0 Å². The fourth-order valence-electron chi connectivity index (χ4n) is 4.27. The summed E-state index contributed by atoms with van der Waals surface area (Å²) in [7, 11) is 2.40. The average molecular weight is 423 g/mol. The Kier molecular flexibility index (Phi) is 8.17. The normalized spacial score (nSPS) is 18.8. The minimum atomic E-state index is -2.79. The Bertz CT molecular complexity index is 643. The molecular formula is C20H36Cl2SiTi. The van der Waals surface area contributed by atoms with E-state index in [-0.39, 0.29) is 24.8 Å². The Hall–Kier alpha value is 0.471. The van der Waals surface area contributed by atoms with Crippen LogP contribution in [-0.4, -0.2) is 7.63 Å². The van der Waals surface area contributed by atoms with Gasteiger partial charge < -0.3 is 0 Å². The molecule has 0 radical (unpaired) electrons. The predicted octanol–water partition coefficient (Wildman–Crippen LogP) is 6.68. The van der Waals surface area contributed by atoms with E-state index in [2.05, 4.69) is 71.8 Å². The Labute approximate surface area is 164 Å². The van der Waals surface area contributed by atoms with Crippen molar-refractivity contribution in [3.63, 3.8) is 0 Å². The molecule has 0 aromatic carbocycles. The van der Waals surface area contributed by atoms with E-state index in [9.17, 15) is 0 Å². The summed E-state index contributed by atoms with van der Waals surface area (Å²) in [6.45, 7) is 14.1. The smallest absolute Gasteiger partial charge is 0.147 e. The summed E-state index contributed by atoms with van der Waals surface area (Å²) < 4.78 is 3.69. The number of allylic oxidation sites excluding steroid dienone is 8. The van der Waals surface area contributed by atoms with Gasteiger partial charge in [0.05, 0.1) is 0 Å². The molecule has 0 aliphatic heterocycles. The second-order valence-corrected chi connectivity index (χ2v) is 28.2. The monoisotopic (exact) mass is 422 g/mol. The molecule has 0 fully saturated rings. The van der Waals surface area contributed by atoms with Crippen molar-refractivity contribution in [2.45, 2.75) is 64.8 Å². The van der Waals surface area contributed by atoms with Gasteiger partial charge in [-0.25, -0.2) is 0 Å². The number of halogens is 2. The predicted molar refractivity (Wildman–Crippen MR) is 115 cm³/mol. The molecular weight excluding hydrogens is 387 g/mol. The first-order valence-corrected chi connectivity index (χ1v) is 17.5. The van der Waals surface area contributed by atoms with Crippen LogP contribution in [0.1, 0.15) is 54.4 Å². The molecule has 0 amide bonds. The fraction of sp³-hybridized carbons (Fsp3) is 0.600. The second-order valence-electron chi connectivity index (χ2n) is 9.20. The van der Waals surface area contributed by atoms with Crippen molar-refractivity contribution in [3.05, 3.63) is 42.2 Å². The maximum Gasteiger partial charge on any atom is -0.147 e. The van der Waals surface area contributed by atoms with E-state index in [0.717, 1.165) is 0 Å². The molecule has 0 saturated heterocycles. The number of rotatable bonds is 4. The van der Waals surface area contributed by atoms with Crippen molar-refractivity contribution < 1.29 is 14.0 Å². The molecule has 2 rings (SSSR count). The van der Waals surface area contributed by atoms with E-state index in [1.807, 2.05) is 7.76 Å². The van der Waals surface area contributed by atoms with Crippen LogP contribution < -0.4 is 0 Å². The SMILES string of the molecule is CC1=CC(C(C)C)=[C]([Ti]([CH3])([CH3])(=[SiH2])[C]2=C(C(C)C)C=C(C)C2)C1.Cl.Cl. The minimum absolute atomic E-state index is 0. The van der Waals surface area contributed by atoms with Crippen LogP contribution in [0.2, 0.25) is 10.5 Å². The molecule has 0 bridgehead atoms. The van der Waals surface area contributed by atoms with Gasteiger partial charge in [-0.1, -0.05) is 0 Å². The quantitative estimate of drug-likeness (QED) is 0.442. The van der Waals surface area contributed by atoms with Crippen molar-refractivity contribution in [3.8, 4) is 0 Å². The van der Waals surface area contributed by atoms with Crippen LogP contribution in [0, 0.1) is 11.8 Å². The van der Waals surface area contributed by atoms with Gasteiger partial charge in [0.1, 0.15) is 0 Å². The summed E-state index contributed by atoms with van der Waals surface area (Å²) in [5.74, 6) is 1.30. The molecule has 4 heteroatoms. The largest absolute Gasteiger partial charge is 0.147 e. The van der Waals surface area contributed by atoms with E-state index < -0.39 is 14.0 Å². The summed E-state index contributed by atoms with van der Waals surface area (Å²) in [5, 5.41) is 5.34. The topological polar surface area (TPSA) is 0 Å². The second kappa shape index (κ2) is 8.01. The zero-order valence-electron chi connectivity index (χ0n) is 16.7. The summed E-state index contributed by atoms with van der Waals surface area (Å²) in [6, 6.07) is 0. The Morgan fingerprint density at radius 1 is 0.792 bits per heavy atom. The Balaban J connectivity index is 0.00000264. The van der Waals surface area contributed by atoms with Crippen LogP contribution in [0.15, 0.2) is 42.2 Å². The van der Waals surface area contributed by atoms with Gasteiger partial charge in [-0.3, -0.25) is 0 Å². The summed E-state index contributed by atoms with van der Waals surface area (Å²) in [6.07, 6.45) is 7.45. The van der Waals surface area contributed by atoms with E-state index in [4.69, 9.17) is 0 Å². The molecule has 0 saturated carbocycles. The molecule has 0 aromatic heterocycles. The molecule has 0 nitrogen and oxygen atoms in total. The molecule has 138 valence electrons. The van der Waals surface area contributed by atoms with Crippen molar-refractivity contribution in [2.75, 3.05) is 0 Å². The van der Waals surface area contributed by atoms with E-state index in [1.54, 1.807) is 22.3 Å². The minimum Gasteiger partial charge on any atom is -0.147 e. The van der Waals surface area contributed by atoms with Gasteiger partial charge >= 0.3 is 141 Å². The molecule has 0 atom stereocenters. The number of hydrogen-bond acceptors (Lipinski definition) is 0. The van der Waals surface area contributed by atoms with Gasteiger partial charge in [0.25, 0.3) is 0 Å². The Morgan fingerprint density at radius 3 is 1.33 bits per heavy atom. The zero-order chi connectivity index (χ0) is 16.9. The van der Waals surface area contributed by atoms with E-state index >= 15 is 0 Å².